The molecule has 5 nitrogen and oxygen atoms in total. The molecule has 1 unspecified atom stereocenters. The van der Waals surface area contributed by atoms with Gasteiger partial charge in [-0.3, -0.25) is 4.79 Å². The highest BCUT2D eigenvalue weighted by molar-refractivity contribution is 5.87. The van der Waals surface area contributed by atoms with Crippen LogP contribution in [0.15, 0.2) is 42.5 Å². The third-order valence-corrected chi connectivity index (χ3v) is 4.49. The van der Waals surface area contributed by atoms with Gasteiger partial charge in [-0.25, -0.2) is 0 Å². The van der Waals surface area contributed by atoms with E-state index < -0.39 is 0 Å². The summed E-state index contributed by atoms with van der Waals surface area (Å²) in [5, 5.41) is 20.2. The smallest absolute Gasteiger partial charge is 0.210 e. The number of rotatable bonds is 2. The molecule has 2 aromatic carbocycles. The van der Waals surface area contributed by atoms with Crippen molar-refractivity contribution in [3.63, 3.8) is 0 Å². The van der Waals surface area contributed by atoms with Gasteiger partial charge in [-0.1, -0.05) is 12.1 Å². The van der Waals surface area contributed by atoms with E-state index in [1.807, 2.05) is 18.2 Å². The number of aromatic hydroxyl groups is 2. The van der Waals surface area contributed by atoms with Crippen molar-refractivity contribution in [3.05, 3.63) is 59.3 Å². The number of benzene rings is 2. The van der Waals surface area contributed by atoms with E-state index in [2.05, 4.69) is 4.98 Å². The molecule has 0 bridgehead atoms. The molecule has 0 fully saturated rings. The molecule has 0 spiro atoms. The molecule has 116 valence electrons. The minimum absolute atomic E-state index is 0.198. The van der Waals surface area contributed by atoms with E-state index in [-0.39, 0.29) is 17.5 Å². The van der Waals surface area contributed by atoms with Gasteiger partial charge in [-0.05, 0) is 47.9 Å². The molecule has 3 aromatic rings. The molecule has 0 saturated carbocycles. The van der Waals surface area contributed by atoms with Crippen LogP contribution in [-0.2, 0) is 11.2 Å². The van der Waals surface area contributed by atoms with Crippen molar-refractivity contribution >= 4 is 17.3 Å². The van der Waals surface area contributed by atoms with Gasteiger partial charge in [-0.15, -0.1) is 0 Å². The maximum absolute atomic E-state index is 11.5. The fourth-order valence-electron chi connectivity index (χ4n) is 3.42. The Morgan fingerprint density at radius 3 is 2.57 bits per heavy atom. The van der Waals surface area contributed by atoms with Crippen LogP contribution in [0.25, 0.3) is 10.9 Å². The predicted octanol–water partition coefficient (Wildman–Crippen LogP) is 2.68. The number of fused-ring (bicyclic) bond motifs is 3. The summed E-state index contributed by atoms with van der Waals surface area (Å²) in [6, 6.07) is 12.0. The Bertz CT molecular complexity index is 883. The number of hydrogen-bond donors (Lipinski definition) is 3. The van der Waals surface area contributed by atoms with Crippen molar-refractivity contribution in [3.8, 4) is 11.5 Å². The van der Waals surface area contributed by atoms with E-state index in [1.54, 1.807) is 29.2 Å². The number of hydrogen-bond acceptors (Lipinski definition) is 3. The predicted molar refractivity (Wildman–Crippen MR) is 86.4 cm³/mol. The van der Waals surface area contributed by atoms with Gasteiger partial charge in [0, 0.05) is 23.1 Å². The molecule has 2 heterocycles. The van der Waals surface area contributed by atoms with E-state index in [4.69, 9.17) is 0 Å². The zero-order chi connectivity index (χ0) is 16.0. The monoisotopic (exact) mass is 308 g/mol. The Kier molecular flexibility index (Phi) is 3.01. The van der Waals surface area contributed by atoms with E-state index >= 15 is 0 Å². The molecule has 0 radical (unpaired) electrons. The van der Waals surface area contributed by atoms with Gasteiger partial charge in [0.25, 0.3) is 0 Å². The fourth-order valence-corrected chi connectivity index (χ4v) is 3.42. The van der Waals surface area contributed by atoms with Crippen LogP contribution in [-0.4, -0.2) is 33.1 Å². The van der Waals surface area contributed by atoms with Crippen LogP contribution in [0.1, 0.15) is 22.9 Å². The van der Waals surface area contributed by atoms with Crippen LogP contribution >= 0.6 is 0 Å². The normalized spacial score (nSPS) is 17.2. The van der Waals surface area contributed by atoms with Gasteiger partial charge in [0.2, 0.25) is 6.41 Å². The van der Waals surface area contributed by atoms with Gasteiger partial charge in [0.15, 0.2) is 0 Å². The van der Waals surface area contributed by atoms with E-state index in [1.165, 1.54) is 0 Å². The molecule has 0 aliphatic carbocycles. The highest BCUT2D eigenvalue weighted by Gasteiger charge is 2.30. The second-order valence-corrected chi connectivity index (χ2v) is 5.83. The van der Waals surface area contributed by atoms with Crippen LogP contribution < -0.4 is 0 Å². The summed E-state index contributed by atoms with van der Waals surface area (Å²) in [6.45, 7) is 0.616. The fraction of sp³-hybridized carbons (Fsp3) is 0.167. The second kappa shape index (κ2) is 5.05. The number of nitrogens with zero attached hydrogens (tertiary/aromatic N) is 1. The Morgan fingerprint density at radius 1 is 1.09 bits per heavy atom. The topological polar surface area (TPSA) is 76.6 Å². The number of H-pyrrole nitrogens is 1. The second-order valence-electron chi connectivity index (χ2n) is 5.83. The maximum atomic E-state index is 11.5. The number of carbonyl (C=O) groups excluding carboxylic acids is 1. The average Bonchev–Trinajstić information content (AvgIpc) is 2.92. The summed E-state index contributed by atoms with van der Waals surface area (Å²) < 4.78 is 0. The summed E-state index contributed by atoms with van der Waals surface area (Å²) in [7, 11) is 0. The Balaban J connectivity index is 1.92. The Hall–Kier alpha value is -2.95. The van der Waals surface area contributed by atoms with Crippen molar-refractivity contribution in [2.45, 2.75) is 12.5 Å². The molecule has 5 heteroatoms. The Labute approximate surface area is 132 Å². The standard InChI is InChI=1S/C18H16N2O3/c21-10-20-8-7-14-15-9-13(23)5-6-16(15)19-17(14)18(20)11-1-3-12(22)4-2-11/h1-6,9-10,18-19,22-23H,7-8H2. The molecule has 1 atom stereocenters. The first kappa shape index (κ1) is 13.7. The number of phenols is 2. The van der Waals surface area contributed by atoms with Gasteiger partial charge in [0.05, 0.1) is 6.04 Å². The lowest BCUT2D eigenvalue weighted by atomic mass is 9.93. The van der Waals surface area contributed by atoms with Crippen molar-refractivity contribution in [2.24, 2.45) is 0 Å². The minimum atomic E-state index is -0.216. The van der Waals surface area contributed by atoms with Crippen LogP contribution in [0, 0.1) is 0 Å². The van der Waals surface area contributed by atoms with E-state index in [0.29, 0.717) is 6.54 Å². The minimum Gasteiger partial charge on any atom is -0.508 e. The van der Waals surface area contributed by atoms with Crippen LogP contribution in [0.4, 0.5) is 0 Å². The summed E-state index contributed by atoms with van der Waals surface area (Å²) in [4.78, 5) is 16.7. The maximum Gasteiger partial charge on any atom is 0.210 e. The van der Waals surface area contributed by atoms with Gasteiger partial charge < -0.3 is 20.1 Å². The molecule has 1 amide bonds. The van der Waals surface area contributed by atoms with Crippen molar-refractivity contribution in [1.29, 1.82) is 0 Å². The van der Waals surface area contributed by atoms with Crippen LogP contribution in [0.3, 0.4) is 0 Å². The largest absolute Gasteiger partial charge is 0.508 e. The lowest BCUT2D eigenvalue weighted by Crippen LogP contribution is -2.34. The van der Waals surface area contributed by atoms with Crippen LogP contribution in [0.2, 0.25) is 0 Å². The first-order valence-electron chi connectivity index (χ1n) is 7.51. The number of carbonyl (C=O) groups is 1. The van der Waals surface area contributed by atoms with Crippen molar-refractivity contribution in [2.75, 3.05) is 6.54 Å². The molecular weight excluding hydrogens is 292 g/mol. The first-order chi connectivity index (χ1) is 11.2. The third kappa shape index (κ3) is 2.12. The lowest BCUT2D eigenvalue weighted by Gasteiger charge is -2.33. The molecule has 1 aromatic heterocycles. The van der Waals surface area contributed by atoms with Crippen molar-refractivity contribution < 1.29 is 15.0 Å². The third-order valence-electron chi connectivity index (χ3n) is 4.49. The first-order valence-corrected chi connectivity index (χ1v) is 7.51. The molecule has 23 heavy (non-hydrogen) atoms. The molecule has 3 N–H and O–H groups in total. The summed E-state index contributed by atoms with van der Waals surface area (Å²) in [5.41, 5.74) is 3.98. The number of phenolic OH excluding ortho intramolecular Hbond substituents is 2. The van der Waals surface area contributed by atoms with Gasteiger partial charge in [0.1, 0.15) is 11.5 Å². The molecule has 1 aliphatic rings. The number of amides is 1. The van der Waals surface area contributed by atoms with Gasteiger partial charge >= 0.3 is 0 Å². The zero-order valence-corrected chi connectivity index (χ0v) is 12.4. The van der Waals surface area contributed by atoms with Crippen LogP contribution in [0.5, 0.6) is 11.5 Å². The number of aromatic nitrogens is 1. The average molecular weight is 308 g/mol. The quantitative estimate of drug-likeness (QED) is 0.637. The van der Waals surface area contributed by atoms with E-state index in [0.717, 1.165) is 40.6 Å². The van der Waals surface area contributed by atoms with E-state index in [9.17, 15) is 15.0 Å². The van der Waals surface area contributed by atoms with Crippen molar-refractivity contribution in [1.82, 2.24) is 9.88 Å². The summed E-state index contributed by atoms with van der Waals surface area (Å²) >= 11 is 0. The molecule has 0 saturated heterocycles. The lowest BCUT2D eigenvalue weighted by molar-refractivity contribution is -0.120. The number of aromatic amines is 1. The Morgan fingerprint density at radius 2 is 1.83 bits per heavy atom. The number of nitrogens with one attached hydrogen (secondary N) is 1. The highest BCUT2D eigenvalue weighted by atomic mass is 16.3. The molecule has 1 aliphatic heterocycles. The summed E-state index contributed by atoms with van der Waals surface area (Å²) in [5.74, 6) is 0.433. The summed E-state index contributed by atoms with van der Waals surface area (Å²) in [6.07, 6.45) is 1.61. The SMILES string of the molecule is O=CN1CCc2c([nH]c3ccc(O)cc23)C1c1ccc(O)cc1. The highest BCUT2D eigenvalue weighted by Crippen LogP contribution is 2.38. The zero-order valence-electron chi connectivity index (χ0n) is 12.4. The molecule has 4 rings (SSSR count). The van der Waals surface area contributed by atoms with Gasteiger partial charge in [-0.2, -0.15) is 0 Å². The molecular formula is C18H16N2O3.